The van der Waals surface area contributed by atoms with Crippen molar-refractivity contribution < 1.29 is 0 Å². The number of rotatable bonds is 6. The molecule has 2 aliphatic heterocycles. The number of nitrogens with zero attached hydrogens (tertiary/aromatic N) is 6. The van der Waals surface area contributed by atoms with Crippen molar-refractivity contribution in [2.24, 2.45) is 0 Å². The summed E-state index contributed by atoms with van der Waals surface area (Å²) in [6, 6.07) is 11.3. The monoisotopic (exact) mass is 520 g/mol. The van der Waals surface area contributed by atoms with Crippen LogP contribution in [0.3, 0.4) is 0 Å². The van der Waals surface area contributed by atoms with Gasteiger partial charge in [-0.25, -0.2) is 9.97 Å². The summed E-state index contributed by atoms with van der Waals surface area (Å²) >= 11 is 0. The van der Waals surface area contributed by atoms with E-state index in [-0.39, 0.29) is 0 Å². The second-order valence-electron chi connectivity index (χ2n) is 11.6. The Balaban J connectivity index is 1.44. The fraction of sp³-hybridized carbons (Fsp3) is 0.394. The van der Waals surface area contributed by atoms with Gasteiger partial charge in [-0.2, -0.15) is 0 Å². The van der Waals surface area contributed by atoms with Gasteiger partial charge in [-0.15, -0.1) is 0 Å². The van der Waals surface area contributed by atoms with Crippen LogP contribution in [0.2, 0.25) is 0 Å². The van der Waals surface area contributed by atoms with E-state index >= 15 is 0 Å². The standard InChI is InChI=1S/C33H40N6/c1-22(2)17-28-25(5)31-32-29(30(28)27-9-7-23(3)8-10-27)18-24(4)38(32)15-16-39(31)33-34-19-26(20-35-33)21-37-13-11-36(6)12-14-37/h7-10,18-20H,1,11-17,21H2,2-6H3. The van der Waals surface area contributed by atoms with Crippen LogP contribution in [0.5, 0.6) is 0 Å². The van der Waals surface area contributed by atoms with Gasteiger partial charge in [0.2, 0.25) is 5.95 Å². The number of piperazine rings is 1. The average Bonchev–Trinajstić information content (AvgIpc) is 3.25. The summed E-state index contributed by atoms with van der Waals surface area (Å²) in [6.45, 7) is 20.2. The van der Waals surface area contributed by atoms with Gasteiger partial charge in [0.25, 0.3) is 0 Å². The van der Waals surface area contributed by atoms with Crippen LogP contribution in [0.1, 0.15) is 34.9 Å². The molecule has 0 aliphatic carbocycles. The minimum Gasteiger partial charge on any atom is -0.341 e. The van der Waals surface area contributed by atoms with Gasteiger partial charge >= 0.3 is 0 Å². The van der Waals surface area contributed by atoms with E-state index in [1.165, 1.54) is 61.2 Å². The summed E-state index contributed by atoms with van der Waals surface area (Å²) in [7, 11) is 2.19. The summed E-state index contributed by atoms with van der Waals surface area (Å²) < 4.78 is 2.48. The molecule has 0 unspecified atom stereocenters. The summed E-state index contributed by atoms with van der Waals surface area (Å²) in [5.41, 5.74) is 12.7. The summed E-state index contributed by atoms with van der Waals surface area (Å²) in [5.74, 6) is 0.788. The number of aryl methyl sites for hydroxylation is 2. The van der Waals surface area contributed by atoms with Gasteiger partial charge in [-0.1, -0.05) is 42.0 Å². The highest BCUT2D eigenvalue weighted by molar-refractivity contribution is 6.07. The lowest BCUT2D eigenvalue weighted by molar-refractivity contribution is 0.148. The molecule has 4 aromatic rings. The second kappa shape index (κ2) is 10.2. The van der Waals surface area contributed by atoms with Crippen molar-refractivity contribution >= 4 is 22.5 Å². The predicted molar refractivity (Wildman–Crippen MR) is 162 cm³/mol. The minimum atomic E-state index is 0.788. The fourth-order valence-corrected chi connectivity index (χ4v) is 6.33. The molecule has 0 N–H and O–H groups in total. The Morgan fingerprint density at radius 1 is 0.923 bits per heavy atom. The first-order valence-corrected chi connectivity index (χ1v) is 14.2. The lowest BCUT2D eigenvalue weighted by Crippen LogP contribution is -2.43. The van der Waals surface area contributed by atoms with Gasteiger partial charge < -0.3 is 14.4 Å². The normalized spacial score (nSPS) is 16.3. The number of hydrogen-bond acceptors (Lipinski definition) is 5. The topological polar surface area (TPSA) is 40.4 Å². The van der Waals surface area contributed by atoms with E-state index in [4.69, 9.17) is 9.97 Å². The molecule has 0 saturated carbocycles. The van der Waals surface area contributed by atoms with E-state index in [0.29, 0.717) is 0 Å². The molecule has 6 rings (SSSR count). The maximum atomic E-state index is 4.92. The molecule has 2 aromatic heterocycles. The molecule has 202 valence electrons. The molecule has 2 aliphatic rings. The Hall–Kier alpha value is -3.48. The Kier molecular flexibility index (Phi) is 6.77. The fourth-order valence-electron chi connectivity index (χ4n) is 6.33. The zero-order valence-corrected chi connectivity index (χ0v) is 24.1. The maximum Gasteiger partial charge on any atom is 0.229 e. The lowest BCUT2D eigenvalue weighted by atomic mass is 9.87. The van der Waals surface area contributed by atoms with E-state index in [1.54, 1.807) is 0 Å². The zero-order valence-electron chi connectivity index (χ0n) is 24.1. The third-order valence-corrected chi connectivity index (χ3v) is 8.48. The highest BCUT2D eigenvalue weighted by Gasteiger charge is 2.30. The smallest absolute Gasteiger partial charge is 0.229 e. The van der Waals surface area contributed by atoms with E-state index in [9.17, 15) is 0 Å². The molecule has 6 heteroatoms. The van der Waals surface area contributed by atoms with Crippen LogP contribution in [0.25, 0.3) is 22.0 Å². The molecule has 6 nitrogen and oxygen atoms in total. The SMILES string of the molecule is C=C(C)Cc1c(C)c2c3c(cc(C)n3CCN2c2ncc(CN3CCN(C)CC3)cn2)c1-c1ccc(C)cc1. The van der Waals surface area contributed by atoms with Gasteiger partial charge in [-0.3, -0.25) is 4.90 Å². The van der Waals surface area contributed by atoms with Crippen LogP contribution < -0.4 is 4.90 Å². The van der Waals surface area contributed by atoms with Crippen LogP contribution >= 0.6 is 0 Å². The van der Waals surface area contributed by atoms with Crippen molar-refractivity contribution in [3.8, 4) is 11.1 Å². The predicted octanol–water partition coefficient (Wildman–Crippen LogP) is 6.04. The highest BCUT2D eigenvalue weighted by Crippen LogP contribution is 2.46. The van der Waals surface area contributed by atoms with E-state index in [0.717, 1.165) is 58.2 Å². The van der Waals surface area contributed by atoms with E-state index in [1.807, 2.05) is 12.4 Å². The first-order valence-electron chi connectivity index (χ1n) is 14.2. The third-order valence-electron chi connectivity index (χ3n) is 8.48. The minimum absolute atomic E-state index is 0.788. The molecular formula is C33H40N6. The van der Waals surface area contributed by atoms with Crippen molar-refractivity contribution in [2.45, 2.75) is 47.2 Å². The van der Waals surface area contributed by atoms with Crippen LogP contribution in [-0.4, -0.2) is 64.1 Å². The average molecular weight is 521 g/mol. The highest BCUT2D eigenvalue weighted by atomic mass is 15.3. The molecule has 0 radical (unpaired) electrons. The lowest BCUT2D eigenvalue weighted by Gasteiger charge is -2.33. The largest absolute Gasteiger partial charge is 0.341 e. The van der Waals surface area contributed by atoms with Crippen LogP contribution in [0, 0.1) is 20.8 Å². The molecule has 1 saturated heterocycles. The summed E-state index contributed by atoms with van der Waals surface area (Å²) in [5, 5.41) is 1.31. The Morgan fingerprint density at radius 3 is 2.28 bits per heavy atom. The number of hydrogen-bond donors (Lipinski definition) is 0. The molecule has 0 spiro atoms. The summed E-state index contributed by atoms with van der Waals surface area (Å²) in [6.07, 6.45) is 4.91. The number of allylic oxidation sites excluding steroid dienone is 1. The van der Waals surface area contributed by atoms with Crippen molar-refractivity contribution in [3.63, 3.8) is 0 Å². The van der Waals surface area contributed by atoms with Crippen LogP contribution in [0.4, 0.5) is 11.6 Å². The first-order chi connectivity index (χ1) is 18.8. The van der Waals surface area contributed by atoms with Gasteiger partial charge in [0, 0.05) is 74.9 Å². The Bertz CT molecular complexity index is 1520. The molecule has 0 atom stereocenters. The van der Waals surface area contributed by atoms with Crippen molar-refractivity contribution in [1.82, 2.24) is 24.3 Å². The Labute approximate surface area is 232 Å². The van der Waals surface area contributed by atoms with Gasteiger partial charge in [-0.05, 0) is 69.5 Å². The third kappa shape index (κ3) is 4.77. The summed E-state index contributed by atoms with van der Waals surface area (Å²) in [4.78, 5) is 17.1. The van der Waals surface area contributed by atoms with Crippen molar-refractivity contribution in [3.05, 3.63) is 82.8 Å². The Morgan fingerprint density at radius 2 is 1.62 bits per heavy atom. The maximum absolute atomic E-state index is 4.92. The van der Waals surface area contributed by atoms with Gasteiger partial charge in [0.05, 0.1) is 11.2 Å². The molecule has 0 amide bonds. The number of benzene rings is 2. The van der Waals surface area contributed by atoms with E-state index < -0.39 is 0 Å². The zero-order chi connectivity index (χ0) is 27.3. The first kappa shape index (κ1) is 25.8. The molecular weight excluding hydrogens is 480 g/mol. The van der Waals surface area contributed by atoms with E-state index in [2.05, 4.69) is 90.9 Å². The second-order valence-corrected chi connectivity index (χ2v) is 11.6. The van der Waals surface area contributed by atoms with Crippen molar-refractivity contribution in [2.75, 3.05) is 44.7 Å². The number of likely N-dealkylation sites (N-methyl/N-ethyl adjacent to an activating group) is 1. The van der Waals surface area contributed by atoms with Gasteiger partial charge in [0.1, 0.15) is 0 Å². The molecule has 4 heterocycles. The van der Waals surface area contributed by atoms with Crippen molar-refractivity contribution in [1.29, 1.82) is 0 Å². The molecule has 39 heavy (non-hydrogen) atoms. The van der Waals surface area contributed by atoms with Crippen LogP contribution in [0.15, 0.2) is 54.9 Å². The molecule has 1 fully saturated rings. The quantitative estimate of drug-likeness (QED) is 0.290. The van der Waals surface area contributed by atoms with Gasteiger partial charge in [0.15, 0.2) is 0 Å². The van der Waals surface area contributed by atoms with Crippen LogP contribution in [-0.2, 0) is 19.5 Å². The molecule has 2 aromatic carbocycles. The molecule has 0 bridgehead atoms. The number of anilines is 2. The number of aromatic nitrogens is 3.